The smallest absolute Gasteiger partial charge is 0.233 e. The molecule has 6 heteroatoms. The van der Waals surface area contributed by atoms with E-state index in [1.165, 1.54) is 28.5 Å². The first kappa shape index (κ1) is 19.2. The summed E-state index contributed by atoms with van der Waals surface area (Å²) in [6.07, 6.45) is 0. The SMILES string of the molecule is Cc1ccccc1CN(C)C(=O)CSc1nnc(C)n1Cc1ccccc1. The Morgan fingerprint density at radius 2 is 1.74 bits per heavy atom. The molecule has 140 valence electrons. The third-order valence-electron chi connectivity index (χ3n) is 4.50. The van der Waals surface area contributed by atoms with Crippen LogP contribution in [-0.2, 0) is 17.9 Å². The Hall–Kier alpha value is -2.60. The van der Waals surface area contributed by atoms with Gasteiger partial charge < -0.3 is 9.47 Å². The Bertz CT molecular complexity index is 908. The molecule has 0 N–H and O–H groups in total. The predicted molar refractivity (Wildman–Crippen MR) is 109 cm³/mol. The Labute approximate surface area is 164 Å². The molecule has 0 radical (unpaired) electrons. The number of hydrogen-bond acceptors (Lipinski definition) is 4. The quantitative estimate of drug-likeness (QED) is 0.587. The molecule has 0 spiro atoms. The van der Waals surface area contributed by atoms with E-state index in [1.807, 2.05) is 44.3 Å². The van der Waals surface area contributed by atoms with Crippen molar-refractivity contribution >= 4 is 17.7 Å². The lowest BCUT2D eigenvalue weighted by Crippen LogP contribution is -2.28. The van der Waals surface area contributed by atoms with Crippen molar-refractivity contribution in [3.8, 4) is 0 Å². The molecule has 5 nitrogen and oxygen atoms in total. The highest BCUT2D eigenvalue weighted by molar-refractivity contribution is 7.99. The first-order chi connectivity index (χ1) is 13.0. The van der Waals surface area contributed by atoms with Gasteiger partial charge in [0, 0.05) is 13.6 Å². The Kier molecular flexibility index (Phi) is 6.29. The van der Waals surface area contributed by atoms with Gasteiger partial charge in [-0.1, -0.05) is 66.4 Å². The van der Waals surface area contributed by atoms with E-state index >= 15 is 0 Å². The van der Waals surface area contributed by atoms with E-state index in [9.17, 15) is 4.79 Å². The van der Waals surface area contributed by atoms with Crippen molar-refractivity contribution in [3.05, 3.63) is 77.1 Å². The van der Waals surface area contributed by atoms with Gasteiger partial charge in [0.2, 0.25) is 5.91 Å². The highest BCUT2D eigenvalue weighted by Crippen LogP contribution is 2.19. The average molecular weight is 381 g/mol. The minimum atomic E-state index is 0.0789. The molecule has 0 aliphatic rings. The van der Waals surface area contributed by atoms with Crippen molar-refractivity contribution in [3.63, 3.8) is 0 Å². The fourth-order valence-electron chi connectivity index (χ4n) is 2.78. The summed E-state index contributed by atoms with van der Waals surface area (Å²) in [5.41, 5.74) is 3.55. The van der Waals surface area contributed by atoms with Crippen LogP contribution in [0.15, 0.2) is 59.8 Å². The summed E-state index contributed by atoms with van der Waals surface area (Å²) in [5, 5.41) is 9.20. The lowest BCUT2D eigenvalue weighted by molar-refractivity contribution is -0.127. The zero-order chi connectivity index (χ0) is 19.2. The minimum absolute atomic E-state index is 0.0789. The predicted octanol–water partition coefficient (Wildman–Crippen LogP) is 3.69. The highest BCUT2D eigenvalue weighted by atomic mass is 32.2. The van der Waals surface area contributed by atoms with Gasteiger partial charge in [0.25, 0.3) is 0 Å². The van der Waals surface area contributed by atoms with Crippen LogP contribution in [0.5, 0.6) is 0 Å². The van der Waals surface area contributed by atoms with Gasteiger partial charge in [0.15, 0.2) is 5.16 Å². The molecule has 0 saturated carbocycles. The zero-order valence-corrected chi connectivity index (χ0v) is 16.7. The van der Waals surface area contributed by atoms with Crippen LogP contribution in [-0.4, -0.2) is 38.4 Å². The first-order valence-electron chi connectivity index (χ1n) is 8.89. The van der Waals surface area contributed by atoms with Crippen LogP contribution < -0.4 is 0 Å². The van der Waals surface area contributed by atoms with Gasteiger partial charge in [-0.2, -0.15) is 0 Å². The lowest BCUT2D eigenvalue weighted by atomic mass is 10.1. The van der Waals surface area contributed by atoms with Gasteiger partial charge in [0.05, 0.1) is 12.3 Å². The van der Waals surface area contributed by atoms with Crippen LogP contribution in [0.3, 0.4) is 0 Å². The molecule has 0 aliphatic carbocycles. The average Bonchev–Trinajstić information content (AvgIpc) is 3.02. The number of aryl methyl sites for hydroxylation is 2. The largest absolute Gasteiger partial charge is 0.341 e. The summed E-state index contributed by atoms with van der Waals surface area (Å²) in [4.78, 5) is 14.3. The van der Waals surface area contributed by atoms with E-state index in [0.717, 1.165) is 11.0 Å². The van der Waals surface area contributed by atoms with Crippen molar-refractivity contribution in [1.29, 1.82) is 0 Å². The standard InChI is InChI=1S/C21H24N4OS/c1-16-9-7-8-12-19(16)14-24(3)20(26)15-27-21-23-22-17(2)25(21)13-18-10-5-4-6-11-18/h4-12H,13-15H2,1-3H3. The molecule has 3 aromatic rings. The van der Waals surface area contributed by atoms with Gasteiger partial charge in [-0.3, -0.25) is 4.79 Å². The molecule has 0 atom stereocenters. The van der Waals surface area contributed by atoms with Crippen LogP contribution in [0.25, 0.3) is 0 Å². The van der Waals surface area contributed by atoms with E-state index in [1.54, 1.807) is 4.90 Å². The van der Waals surface area contributed by atoms with Gasteiger partial charge in [0.1, 0.15) is 5.82 Å². The van der Waals surface area contributed by atoms with Gasteiger partial charge in [-0.15, -0.1) is 10.2 Å². The number of carbonyl (C=O) groups is 1. The van der Waals surface area contributed by atoms with Crippen LogP contribution >= 0.6 is 11.8 Å². The van der Waals surface area contributed by atoms with Crippen LogP contribution in [0.1, 0.15) is 22.5 Å². The first-order valence-corrected chi connectivity index (χ1v) is 9.88. The monoisotopic (exact) mass is 380 g/mol. The maximum absolute atomic E-state index is 12.6. The molecule has 0 saturated heterocycles. The molecule has 0 unspecified atom stereocenters. The fraction of sp³-hybridized carbons (Fsp3) is 0.286. The van der Waals surface area contributed by atoms with Gasteiger partial charge in [-0.25, -0.2) is 0 Å². The molecule has 0 aliphatic heterocycles. The Balaban J connectivity index is 1.61. The van der Waals surface area contributed by atoms with E-state index in [4.69, 9.17) is 0 Å². The number of benzene rings is 2. The summed E-state index contributed by atoms with van der Waals surface area (Å²) in [7, 11) is 1.84. The number of hydrogen-bond donors (Lipinski definition) is 0. The maximum Gasteiger partial charge on any atom is 0.233 e. The molecule has 0 fully saturated rings. The van der Waals surface area contributed by atoms with E-state index < -0.39 is 0 Å². The van der Waals surface area contributed by atoms with Crippen LogP contribution in [0.2, 0.25) is 0 Å². The van der Waals surface area contributed by atoms with Crippen molar-refractivity contribution in [2.24, 2.45) is 0 Å². The van der Waals surface area contributed by atoms with Crippen molar-refractivity contribution in [1.82, 2.24) is 19.7 Å². The normalized spacial score (nSPS) is 10.8. The summed E-state index contributed by atoms with van der Waals surface area (Å²) >= 11 is 1.44. The Morgan fingerprint density at radius 3 is 2.48 bits per heavy atom. The molecule has 27 heavy (non-hydrogen) atoms. The third-order valence-corrected chi connectivity index (χ3v) is 5.46. The third kappa shape index (κ3) is 4.98. The summed E-state index contributed by atoms with van der Waals surface area (Å²) in [5.74, 6) is 1.27. The summed E-state index contributed by atoms with van der Waals surface area (Å²) < 4.78 is 2.05. The number of thioether (sulfide) groups is 1. The van der Waals surface area contributed by atoms with Crippen LogP contribution in [0.4, 0.5) is 0 Å². The lowest BCUT2D eigenvalue weighted by Gasteiger charge is -2.18. The molecule has 0 bridgehead atoms. The highest BCUT2D eigenvalue weighted by Gasteiger charge is 2.15. The van der Waals surface area contributed by atoms with Crippen molar-refractivity contribution < 1.29 is 4.79 Å². The van der Waals surface area contributed by atoms with Gasteiger partial charge in [-0.05, 0) is 30.5 Å². The Morgan fingerprint density at radius 1 is 1.04 bits per heavy atom. The minimum Gasteiger partial charge on any atom is -0.341 e. The van der Waals surface area contributed by atoms with Crippen LogP contribution in [0, 0.1) is 13.8 Å². The number of rotatable bonds is 7. The van der Waals surface area contributed by atoms with E-state index in [-0.39, 0.29) is 5.91 Å². The van der Waals surface area contributed by atoms with Crippen molar-refractivity contribution in [2.75, 3.05) is 12.8 Å². The second-order valence-electron chi connectivity index (χ2n) is 6.57. The summed E-state index contributed by atoms with van der Waals surface area (Å²) in [6.45, 7) is 5.32. The number of carbonyl (C=O) groups excluding carboxylic acids is 1. The molecular weight excluding hydrogens is 356 g/mol. The second kappa shape index (κ2) is 8.86. The molecule has 1 aromatic heterocycles. The summed E-state index contributed by atoms with van der Waals surface area (Å²) in [6, 6.07) is 18.3. The fourth-order valence-corrected chi connectivity index (χ4v) is 3.71. The topological polar surface area (TPSA) is 51.0 Å². The molecule has 2 aromatic carbocycles. The molecule has 1 amide bonds. The number of amides is 1. The molecule has 1 heterocycles. The maximum atomic E-state index is 12.6. The van der Waals surface area contributed by atoms with Gasteiger partial charge >= 0.3 is 0 Å². The molecule has 3 rings (SSSR count). The van der Waals surface area contributed by atoms with E-state index in [2.05, 4.69) is 46.0 Å². The van der Waals surface area contributed by atoms with E-state index in [0.29, 0.717) is 18.8 Å². The number of nitrogens with zero attached hydrogens (tertiary/aromatic N) is 4. The molecular formula is C21H24N4OS. The zero-order valence-electron chi connectivity index (χ0n) is 15.9. The van der Waals surface area contributed by atoms with Crippen molar-refractivity contribution in [2.45, 2.75) is 32.1 Å². The number of aromatic nitrogens is 3. The second-order valence-corrected chi connectivity index (χ2v) is 7.51.